The first-order valence-corrected chi connectivity index (χ1v) is 11.7. The third-order valence-electron chi connectivity index (χ3n) is 4.70. The van der Waals surface area contributed by atoms with E-state index in [1.165, 1.54) is 0 Å². The van der Waals surface area contributed by atoms with Gasteiger partial charge < -0.3 is 24.1 Å². The van der Waals surface area contributed by atoms with Crippen molar-refractivity contribution in [3.05, 3.63) is 16.7 Å². The highest BCUT2D eigenvalue weighted by molar-refractivity contribution is 7.53. The van der Waals surface area contributed by atoms with Crippen LogP contribution in [0, 0.1) is 0 Å². The number of imidazole rings is 1. The monoisotopic (exact) mass is 427 g/mol. The number of anilines is 1. The van der Waals surface area contributed by atoms with Gasteiger partial charge in [0.25, 0.3) is 5.56 Å². The van der Waals surface area contributed by atoms with Crippen LogP contribution in [0.15, 0.2) is 11.1 Å². The lowest BCUT2D eigenvalue weighted by Gasteiger charge is -2.31. The Morgan fingerprint density at radius 1 is 1.21 bits per heavy atom. The molecule has 1 saturated carbocycles. The number of rotatable bonds is 8. The van der Waals surface area contributed by atoms with E-state index < -0.39 is 7.60 Å². The van der Waals surface area contributed by atoms with Crippen molar-refractivity contribution in [3.63, 3.8) is 0 Å². The zero-order chi connectivity index (χ0) is 21.2. The normalized spacial score (nSPS) is 20.8. The second kappa shape index (κ2) is 8.95. The lowest BCUT2D eigenvalue weighted by molar-refractivity contribution is 0.0260. The molecule has 1 fully saturated rings. The molecule has 162 valence electrons. The number of aromatic nitrogens is 4. The molecule has 29 heavy (non-hydrogen) atoms. The van der Waals surface area contributed by atoms with Gasteiger partial charge in [0.2, 0.25) is 5.95 Å². The Hall–Kier alpha value is -1.74. The Labute approximate surface area is 169 Å². The standard InChI is InChI=1S/C18H30N5O5P/c1-11(2)27-29(25,28-12(3)4)10-26-14-7-5-13(6-8-14)23-9-20-15-16(23)21-18(19)22-17(15)24/h9,11-14H,5-8,10H2,1-4H3,(H3,19,21,22,24). The van der Waals surface area contributed by atoms with Crippen LogP contribution in [0.3, 0.4) is 0 Å². The zero-order valence-corrected chi connectivity index (χ0v) is 18.2. The summed E-state index contributed by atoms with van der Waals surface area (Å²) in [5.41, 5.74) is 6.12. The van der Waals surface area contributed by atoms with Crippen molar-refractivity contribution in [2.24, 2.45) is 0 Å². The maximum Gasteiger partial charge on any atom is 0.356 e. The molecule has 0 spiro atoms. The Bertz CT molecular complexity index is 918. The van der Waals surface area contributed by atoms with Crippen molar-refractivity contribution in [1.29, 1.82) is 0 Å². The lowest BCUT2D eigenvalue weighted by Crippen LogP contribution is -2.25. The zero-order valence-electron chi connectivity index (χ0n) is 17.3. The number of nitrogen functional groups attached to an aromatic ring is 1. The van der Waals surface area contributed by atoms with E-state index in [4.69, 9.17) is 19.5 Å². The number of H-pyrrole nitrogens is 1. The van der Waals surface area contributed by atoms with Gasteiger partial charge in [-0.1, -0.05) is 0 Å². The predicted molar refractivity (Wildman–Crippen MR) is 110 cm³/mol. The molecule has 2 heterocycles. The summed E-state index contributed by atoms with van der Waals surface area (Å²) in [5.74, 6) is 0.0762. The fourth-order valence-corrected chi connectivity index (χ4v) is 5.47. The van der Waals surface area contributed by atoms with Crippen molar-refractivity contribution >= 4 is 24.7 Å². The van der Waals surface area contributed by atoms with Gasteiger partial charge >= 0.3 is 7.60 Å². The van der Waals surface area contributed by atoms with E-state index in [2.05, 4.69) is 15.0 Å². The summed E-state index contributed by atoms with van der Waals surface area (Å²) in [6.45, 7) is 7.29. The minimum absolute atomic E-state index is 0.0256. The third kappa shape index (κ3) is 5.45. The predicted octanol–water partition coefficient (Wildman–Crippen LogP) is 3.20. The molecule has 11 heteroatoms. The van der Waals surface area contributed by atoms with Crippen LogP contribution < -0.4 is 11.3 Å². The second-order valence-corrected chi connectivity index (χ2v) is 9.82. The summed E-state index contributed by atoms with van der Waals surface area (Å²) in [7, 11) is -3.30. The molecule has 0 atom stereocenters. The number of nitrogens with two attached hydrogens (primary N) is 1. The number of hydrogen-bond acceptors (Lipinski definition) is 8. The number of nitrogens with one attached hydrogen (secondary N) is 1. The van der Waals surface area contributed by atoms with Gasteiger partial charge in [-0.05, 0) is 53.4 Å². The van der Waals surface area contributed by atoms with Crippen LogP contribution in [-0.2, 0) is 18.3 Å². The molecule has 0 radical (unpaired) electrons. The van der Waals surface area contributed by atoms with Crippen LogP contribution in [0.25, 0.3) is 11.2 Å². The van der Waals surface area contributed by atoms with Crippen LogP contribution in [0.4, 0.5) is 5.95 Å². The molecular formula is C18H30N5O5P. The molecule has 0 unspecified atom stereocenters. The quantitative estimate of drug-likeness (QED) is 0.613. The molecule has 1 aliphatic carbocycles. The van der Waals surface area contributed by atoms with E-state index >= 15 is 0 Å². The van der Waals surface area contributed by atoms with E-state index in [-0.39, 0.29) is 47.7 Å². The molecule has 0 amide bonds. The number of aromatic amines is 1. The van der Waals surface area contributed by atoms with E-state index in [1.807, 2.05) is 32.3 Å². The van der Waals surface area contributed by atoms with Gasteiger partial charge in [0, 0.05) is 6.04 Å². The molecule has 3 rings (SSSR count). The summed E-state index contributed by atoms with van der Waals surface area (Å²) < 4.78 is 31.8. The summed E-state index contributed by atoms with van der Waals surface area (Å²) in [5, 5.41) is 0. The van der Waals surface area contributed by atoms with Gasteiger partial charge in [-0.3, -0.25) is 14.3 Å². The minimum Gasteiger partial charge on any atom is -0.369 e. The first kappa shape index (κ1) is 22.0. The van der Waals surface area contributed by atoms with Crippen molar-refractivity contribution in [2.45, 2.75) is 77.7 Å². The average Bonchev–Trinajstić information content (AvgIpc) is 3.03. The fourth-order valence-electron chi connectivity index (χ4n) is 3.63. The van der Waals surface area contributed by atoms with Gasteiger partial charge in [-0.2, -0.15) is 4.98 Å². The smallest absolute Gasteiger partial charge is 0.356 e. The Morgan fingerprint density at radius 2 is 1.83 bits per heavy atom. The van der Waals surface area contributed by atoms with E-state index in [0.29, 0.717) is 5.65 Å². The highest BCUT2D eigenvalue weighted by Crippen LogP contribution is 2.51. The van der Waals surface area contributed by atoms with Crippen molar-refractivity contribution in [2.75, 3.05) is 12.1 Å². The van der Waals surface area contributed by atoms with Crippen LogP contribution in [0.5, 0.6) is 0 Å². The first-order valence-electron chi connectivity index (χ1n) is 9.96. The second-order valence-electron chi connectivity index (χ2n) is 7.92. The minimum atomic E-state index is -3.30. The highest BCUT2D eigenvalue weighted by Gasteiger charge is 2.31. The maximum absolute atomic E-state index is 12.9. The topological polar surface area (TPSA) is 134 Å². The summed E-state index contributed by atoms with van der Waals surface area (Å²) >= 11 is 0. The molecule has 0 aliphatic heterocycles. The summed E-state index contributed by atoms with van der Waals surface area (Å²) in [6, 6.07) is 0.152. The molecule has 2 aromatic rings. The van der Waals surface area contributed by atoms with Gasteiger partial charge in [0.15, 0.2) is 11.2 Å². The molecular weight excluding hydrogens is 397 g/mol. The number of nitrogens with zero attached hydrogens (tertiary/aromatic N) is 3. The molecule has 10 nitrogen and oxygen atoms in total. The molecule has 2 aromatic heterocycles. The third-order valence-corrected chi connectivity index (χ3v) is 6.65. The molecule has 0 bridgehead atoms. The Morgan fingerprint density at radius 3 is 2.41 bits per heavy atom. The number of fused-ring (bicyclic) bond motifs is 1. The first-order chi connectivity index (χ1) is 13.7. The fraction of sp³-hybridized carbons (Fsp3) is 0.722. The van der Waals surface area contributed by atoms with Crippen LogP contribution in [0.2, 0.25) is 0 Å². The van der Waals surface area contributed by atoms with Crippen molar-refractivity contribution in [3.8, 4) is 0 Å². The number of ether oxygens (including phenoxy) is 1. The molecule has 3 N–H and O–H groups in total. The number of hydrogen-bond donors (Lipinski definition) is 2. The van der Waals surface area contributed by atoms with Gasteiger partial charge in [-0.15, -0.1) is 0 Å². The van der Waals surface area contributed by atoms with Gasteiger partial charge in [-0.25, -0.2) is 4.98 Å². The van der Waals surface area contributed by atoms with Crippen molar-refractivity contribution in [1.82, 2.24) is 19.5 Å². The largest absolute Gasteiger partial charge is 0.369 e. The van der Waals surface area contributed by atoms with Gasteiger partial charge in [0.05, 0.1) is 24.6 Å². The van der Waals surface area contributed by atoms with E-state index in [9.17, 15) is 9.36 Å². The molecule has 0 aromatic carbocycles. The van der Waals surface area contributed by atoms with E-state index in [1.54, 1.807) is 6.33 Å². The van der Waals surface area contributed by atoms with Crippen LogP contribution in [-0.4, -0.2) is 44.2 Å². The molecule has 1 aliphatic rings. The summed E-state index contributed by atoms with van der Waals surface area (Å²) in [4.78, 5) is 22.8. The van der Waals surface area contributed by atoms with Crippen LogP contribution in [0.1, 0.15) is 59.4 Å². The summed E-state index contributed by atoms with van der Waals surface area (Å²) in [6.07, 6.45) is 4.35. The van der Waals surface area contributed by atoms with Crippen LogP contribution >= 0.6 is 7.60 Å². The highest BCUT2D eigenvalue weighted by atomic mass is 31.2. The lowest BCUT2D eigenvalue weighted by atomic mass is 9.93. The van der Waals surface area contributed by atoms with Gasteiger partial charge in [0.1, 0.15) is 6.35 Å². The Balaban J connectivity index is 1.61. The SMILES string of the molecule is CC(C)OP(=O)(COC1CCC(n2cnc3c(=O)[nH]c(N)nc32)CC1)OC(C)C. The van der Waals surface area contributed by atoms with Crippen molar-refractivity contribution < 1.29 is 18.3 Å². The molecule has 0 saturated heterocycles. The Kier molecular flexibility index (Phi) is 6.78. The average molecular weight is 427 g/mol. The van der Waals surface area contributed by atoms with E-state index in [0.717, 1.165) is 25.7 Å². The maximum atomic E-state index is 12.9.